The highest BCUT2D eigenvalue weighted by molar-refractivity contribution is 7.99. The normalized spacial score (nSPS) is 23.8. The van der Waals surface area contributed by atoms with E-state index in [9.17, 15) is 8.78 Å². The second kappa shape index (κ2) is 6.53. The Labute approximate surface area is 111 Å². The maximum atomic E-state index is 12.6. The van der Waals surface area contributed by atoms with E-state index in [1.54, 1.807) is 12.1 Å². The second-order valence-corrected chi connectivity index (χ2v) is 5.93. The van der Waals surface area contributed by atoms with Crippen molar-refractivity contribution in [1.82, 2.24) is 5.32 Å². The first kappa shape index (κ1) is 13.8. The van der Waals surface area contributed by atoms with E-state index in [2.05, 4.69) is 11.6 Å². The van der Waals surface area contributed by atoms with Gasteiger partial charge in [0, 0.05) is 23.4 Å². The summed E-state index contributed by atoms with van der Waals surface area (Å²) in [7, 11) is 0. The van der Waals surface area contributed by atoms with E-state index in [4.69, 9.17) is 0 Å². The summed E-state index contributed by atoms with van der Waals surface area (Å²) in [6, 6.07) is 7.22. The Bertz CT molecular complexity index is 384. The van der Waals surface area contributed by atoms with Gasteiger partial charge in [-0.15, -0.1) is 0 Å². The van der Waals surface area contributed by atoms with Crippen molar-refractivity contribution in [3.63, 3.8) is 0 Å². The first-order valence-electron chi connectivity index (χ1n) is 6.32. The highest BCUT2D eigenvalue weighted by atomic mass is 32.2. The Morgan fingerprint density at radius 1 is 1.39 bits per heavy atom. The summed E-state index contributed by atoms with van der Waals surface area (Å²) in [4.78, 5) is 0. The molecule has 1 aliphatic rings. The van der Waals surface area contributed by atoms with E-state index in [1.807, 2.05) is 17.8 Å². The van der Waals surface area contributed by atoms with Crippen LogP contribution in [-0.2, 0) is 6.54 Å². The van der Waals surface area contributed by atoms with Crippen molar-refractivity contribution < 1.29 is 8.78 Å². The van der Waals surface area contributed by atoms with E-state index in [0.29, 0.717) is 12.6 Å². The summed E-state index contributed by atoms with van der Waals surface area (Å²) in [5.74, 6) is 0. The number of nitrogens with one attached hydrogen (secondary N) is 1. The molecule has 1 aromatic rings. The van der Waals surface area contributed by atoms with Crippen LogP contribution >= 0.6 is 11.8 Å². The SMILES string of the molecule is CSC1CCC(NCc2cccc(C(F)F)c2)C1. The molecule has 0 aliphatic heterocycles. The molecule has 2 unspecified atom stereocenters. The molecule has 18 heavy (non-hydrogen) atoms. The first-order valence-corrected chi connectivity index (χ1v) is 7.61. The van der Waals surface area contributed by atoms with Gasteiger partial charge in [-0.05, 0) is 37.1 Å². The fraction of sp³-hybridized carbons (Fsp3) is 0.571. The molecule has 0 radical (unpaired) electrons. The number of rotatable bonds is 5. The van der Waals surface area contributed by atoms with Crippen molar-refractivity contribution in [2.75, 3.05) is 6.26 Å². The Morgan fingerprint density at radius 3 is 2.89 bits per heavy atom. The molecule has 0 amide bonds. The summed E-state index contributed by atoms with van der Waals surface area (Å²) in [6.07, 6.45) is 3.42. The average Bonchev–Trinajstić information content (AvgIpc) is 2.84. The van der Waals surface area contributed by atoms with Gasteiger partial charge < -0.3 is 5.32 Å². The molecular weight excluding hydrogens is 252 g/mol. The van der Waals surface area contributed by atoms with Crippen LogP contribution in [-0.4, -0.2) is 17.5 Å². The molecule has 0 aromatic heterocycles. The molecule has 1 saturated carbocycles. The van der Waals surface area contributed by atoms with Crippen LogP contribution < -0.4 is 5.32 Å². The van der Waals surface area contributed by atoms with Gasteiger partial charge in [-0.3, -0.25) is 0 Å². The van der Waals surface area contributed by atoms with E-state index in [1.165, 1.54) is 25.3 Å². The maximum Gasteiger partial charge on any atom is 0.263 e. The molecule has 1 aliphatic carbocycles. The van der Waals surface area contributed by atoms with Gasteiger partial charge in [0.15, 0.2) is 0 Å². The molecule has 0 bridgehead atoms. The smallest absolute Gasteiger partial charge is 0.263 e. The van der Waals surface area contributed by atoms with Crippen LogP contribution in [0.5, 0.6) is 0 Å². The highest BCUT2D eigenvalue weighted by Gasteiger charge is 2.23. The molecule has 2 rings (SSSR count). The van der Waals surface area contributed by atoms with Crippen molar-refractivity contribution in [1.29, 1.82) is 0 Å². The lowest BCUT2D eigenvalue weighted by Gasteiger charge is -2.13. The van der Waals surface area contributed by atoms with Crippen LogP contribution in [0.4, 0.5) is 8.78 Å². The van der Waals surface area contributed by atoms with Crippen molar-refractivity contribution >= 4 is 11.8 Å². The van der Waals surface area contributed by atoms with Gasteiger partial charge in [0.1, 0.15) is 0 Å². The molecule has 2 atom stereocenters. The lowest BCUT2D eigenvalue weighted by atomic mass is 10.1. The minimum atomic E-state index is -2.38. The number of thioether (sulfide) groups is 1. The van der Waals surface area contributed by atoms with Crippen LogP contribution in [0.1, 0.15) is 36.8 Å². The Kier molecular flexibility index (Phi) is 5.01. The van der Waals surface area contributed by atoms with Crippen molar-refractivity contribution in [2.24, 2.45) is 0 Å². The van der Waals surface area contributed by atoms with Gasteiger partial charge >= 0.3 is 0 Å². The van der Waals surface area contributed by atoms with Crippen molar-refractivity contribution in [2.45, 2.75) is 43.5 Å². The topological polar surface area (TPSA) is 12.0 Å². The predicted octanol–water partition coefficient (Wildman–Crippen LogP) is 4.00. The summed E-state index contributed by atoms with van der Waals surface area (Å²) in [5.41, 5.74) is 1.06. The zero-order valence-corrected chi connectivity index (χ0v) is 11.4. The molecule has 100 valence electrons. The Morgan fingerprint density at radius 2 is 2.22 bits per heavy atom. The zero-order chi connectivity index (χ0) is 13.0. The van der Waals surface area contributed by atoms with Crippen LogP contribution in [0.15, 0.2) is 24.3 Å². The summed E-state index contributed by atoms with van der Waals surface area (Å²) < 4.78 is 25.1. The molecule has 1 N–H and O–H groups in total. The predicted molar refractivity (Wildman–Crippen MR) is 73.2 cm³/mol. The largest absolute Gasteiger partial charge is 0.310 e. The second-order valence-electron chi connectivity index (χ2n) is 4.79. The molecular formula is C14H19F2NS. The fourth-order valence-corrected chi connectivity index (χ4v) is 3.24. The minimum Gasteiger partial charge on any atom is -0.310 e. The quantitative estimate of drug-likeness (QED) is 0.868. The third-order valence-electron chi connectivity index (χ3n) is 3.52. The van der Waals surface area contributed by atoms with Gasteiger partial charge in [-0.1, -0.05) is 18.2 Å². The van der Waals surface area contributed by atoms with E-state index in [0.717, 1.165) is 10.8 Å². The molecule has 1 nitrogen and oxygen atoms in total. The summed E-state index contributed by atoms with van der Waals surface area (Å²) in [5, 5.41) is 4.23. The molecule has 4 heteroatoms. The van der Waals surface area contributed by atoms with Gasteiger partial charge in [-0.2, -0.15) is 11.8 Å². The lowest BCUT2D eigenvalue weighted by molar-refractivity contribution is 0.151. The van der Waals surface area contributed by atoms with Crippen LogP contribution in [0.25, 0.3) is 0 Å². The molecule has 0 saturated heterocycles. The third-order valence-corrected chi connectivity index (χ3v) is 4.61. The van der Waals surface area contributed by atoms with Crippen molar-refractivity contribution in [3.8, 4) is 0 Å². The number of benzene rings is 1. The molecule has 0 spiro atoms. The molecule has 1 fully saturated rings. The zero-order valence-electron chi connectivity index (χ0n) is 10.5. The van der Waals surface area contributed by atoms with Gasteiger partial charge in [0.2, 0.25) is 0 Å². The first-order chi connectivity index (χ1) is 8.69. The molecule has 0 heterocycles. The fourth-order valence-electron chi connectivity index (χ4n) is 2.44. The monoisotopic (exact) mass is 271 g/mol. The minimum absolute atomic E-state index is 0.114. The Balaban J connectivity index is 1.85. The number of alkyl halides is 2. The maximum absolute atomic E-state index is 12.6. The molecule has 1 aromatic carbocycles. The van der Waals surface area contributed by atoms with Crippen molar-refractivity contribution in [3.05, 3.63) is 35.4 Å². The van der Waals surface area contributed by atoms with E-state index < -0.39 is 6.43 Å². The van der Waals surface area contributed by atoms with Gasteiger partial charge in [0.25, 0.3) is 6.43 Å². The number of hydrogen-bond donors (Lipinski definition) is 1. The van der Waals surface area contributed by atoms with Crippen LogP contribution in [0, 0.1) is 0 Å². The van der Waals surface area contributed by atoms with E-state index >= 15 is 0 Å². The number of halogens is 2. The number of hydrogen-bond acceptors (Lipinski definition) is 2. The summed E-state index contributed by atoms with van der Waals surface area (Å²) >= 11 is 1.93. The standard InChI is InChI=1S/C14H19F2NS/c1-18-13-6-5-12(8-13)17-9-10-3-2-4-11(7-10)14(15)16/h2-4,7,12-14,17H,5-6,8-9H2,1H3. The third kappa shape index (κ3) is 3.69. The average molecular weight is 271 g/mol. The lowest BCUT2D eigenvalue weighted by Crippen LogP contribution is -2.26. The van der Waals surface area contributed by atoms with Gasteiger partial charge in [0.05, 0.1) is 0 Å². The Hall–Kier alpha value is -0.610. The van der Waals surface area contributed by atoms with E-state index in [-0.39, 0.29) is 5.56 Å². The van der Waals surface area contributed by atoms with Crippen LogP contribution in [0.3, 0.4) is 0 Å². The summed E-state index contributed by atoms with van der Waals surface area (Å²) in [6.45, 7) is 0.687. The van der Waals surface area contributed by atoms with Gasteiger partial charge in [-0.25, -0.2) is 8.78 Å². The van der Waals surface area contributed by atoms with Crippen LogP contribution in [0.2, 0.25) is 0 Å². The highest BCUT2D eigenvalue weighted by Crippen LogP contribution is 2.28.